The molecule has 0 aliphatic carbocycles. The van der Waals surface area contributed by atoms with E-state index in [9.17, 15) is 9.59 Å². The Kier molecular flexibility index (Phi) is 12.0. The number of aromatic nitrogens is 4. The average molecular weight is 714 g/mol. The maximum atomic E-state index is 12.2. The van der Waals surface area contributed by atoms with Crippen molar-refractivity contribution in [1.82, 2.24) is 34.6 Å². The second-order valence-electron chi connectivity index (χ2n) is 13.8. The first-order valence-electron chi connectivity index (χ1n) is 18.7. The number of pyridine rings is 2. The van der Waals surface area contributed by atoms with Crippen LogP contribution in [0.25, 0.3) is 39.4 Å². The van der Waals surface area contributed by atoms with Gasteiger partial charge in [-0.25, -0.2) is 9.97 Å². The smallest absolute Gasteiger partial charge is 0.236 e. The molecule has 0 fully saturated rings. The zero-order valence-corrected chi connectivity index (χ0v) is 31.7. The van der Waals surface area contributed by atoms with Crippen LogP contribution in [0.3, 0.4) is 0 Å². The van der Waals surface area contributed by atoms with Gasteiger partial charge in [0.1, 0.15) is 5.82 Å². The van der Waals surface area contributed by atoms with Crippen molar-refractivity contribution < 1.29 is 14.3 Å². The molecule has 0 bridgehead atoms. The Labute approximate surface area is 312 Å². The first kappa shape index (κ1) is 37.4. The summed E-state index contributed by atoms with van der Waals surface area (Å²) in [7, 11) is 3.66. The van der Waals surface area contributed by atoms with Gasteiger partial charge in [0.2, 0.25) is 17.7 Å². The highest BCUT2D eigenvalue weighted by atomic mass is 16.5. The monoisotopic (exact) mass is 713 g/mol. The first-order valence-corrected chi connectivity index (χ1v) is 18.7. The van der Waals surface area contributed by atoms with Crippen molar-refractivity contribution in [3.63, 3.8) is 0 Å². The third-order valence-corrected chi connectivity index (χ3v) is 10.5. The summed E-state index contributed by atoms with van der Waals surface area (Å²) in [6.07, 6.45) is 10.4. The summed E-state index contributed by atoms with van der Waals surface area (Å²) in [5, 5.41) is 4.84. The van der Waals surface area contributed by atoms with E-state index in [4.69, 9.17) is 14.7 Å². The van der Waals surface area contributed by atoms with Gasteiger partial charge in [0.05, 0.1) is 36.3 Å². The van der Waals surface area contributed by atoms with Crippen LogP contribution in [0.2, 0.25) is 0 Å². The minimum atomic E-state index is -0.224. The predicted octanol–water partition coefficient (Wildman–Crippen LogP) is 7.09. The van der Waals surface area contributed by atoms with E-state index >= 15 is 0 Å². The van der Waals surface area contributed by atoms with Crippen LogP contribution < -0.4 is 10.1 Å². The summed E-state index contributed by atoms with van der Waals surface area (Å²) in [5.41, 5.74) is 8.44. The molecule has 0 radical (unpaired) electrons. The molecule has 10 nitrogen and oxygen atoms in total. The Bertz CT molecular complexity index is 2090. The number of benzene rings is 2. The molecule has 1 aliphatic rings. The van der Waals surface area contributed by atoms with E-state index in [2.05, 4.69) is 75.7 Å². The number of aryl methyl sites for hydroxylation is 2. The van der Waals surface area contributed by atoms with Gasteiger partial charge in [-0.3, -0.25) is 19.5 Å². The number of amides is 2. The third-order valence-electron chi connectivity index (χ3n) is 10.5. The van der Waals surface area contributed by atoms with E-state index in [1.54, 1.807) is 14.0 Å². The number of nitrogens with zero attached hydrogens (tertiary/aromatic N) is 6. The van der Waals surface area contributed by atoms with Gasteiger partial charge in [0, 0.05) is 75.0 Å². The van der Waals surface area contributed by atoms with Crippen LogP contribution in [0.5, 0.6) is 5.88 Å². The summed E-state index contributed by atoms with van der Waals surface area (Å²) in [5.74, 6) is 1.74. The summed E-state index contributed by atoms with van der Waals surface area (Å²) < 4.78 is 8.29. The molecule has 2 amide bonds. The molecule has 3 aromatic heterocycles. The highest BCUT2D eigenvalue weighted by molar-refractivity contribution is 5.97. The highest BCUT2D eigenvalue weighted by Crippen LogP contribution is 2.34. The maximum Gasteiger partial charge on any atom is 0.236 e. The number of hydrogen-bond donors (Lipinski definition) is 1. The quantitative estimate of drug-likeness (QED) is 0.116. The van der Waals surface area contributed by atoms with Crippen LogP contribution in [0.1, 0.15) is 68.2 Å². The number of imidazole rings is 1. The Morgan fingerprint density at radius 2 is 1.89 bits per heavy atom. The molecule has 53 heavy (non-hydrogen) atoms. The highest BCUT2D eigenvalue weighted by Gasteiger charge is 2.26. The second kappa shape index (κ2) is 17.0. The van der Waals surface area contributed by atoms with E-state index in [1.165, 1.54) is 11.1 Å². The van der Waals surface area contributed by atoms with Crippen LogP contribution in [0.4, 0.5) is 0 Å². The minimum Gasteiger partial charge on any atom is -0.478 e. The van der Waals surface area contributed by atoms with Crippen molar-refractivity contribution in [2.45, 2.75) is 78.6 Å². The van der Waals surface area contributed by atoms with Crippen LogP contribution >= 0.6 is 0 Å². The lowest BCUT2D eigenvalue weighted by Gasteiger charge is -2.28. The van der Waals surface area contributed by atoms with Crippen molar-refractivity contribution in [2.24, 2.45) is 0 Å². The van der Waals surface area contributed by atoms with Gasteiger partial charge >= 0.3 is 0 Å². The lowest BCUT2D eigenvalue weighted by atomic mass is 9.96. The standard InChI is InChI=1S/C43H51N7O3/c1-7-31-15-12-16-32(37(31)27-48(6)29(3)43(52)44-5)14-10-9-11-23-53-41-20-19-34(25-46-41)38-24-33-17-13-18-35(36(33)26-45-38)42-39-28-49(30(4)51)21-22-50(39)40(8-2)47-42/h7,12-13,15-20,24-26,29H,1,8-11,14,21-23,27-28H2,2-6H3,(H,44,52). The van der Waals surface area contributed by atoms with Crippen molar-refractivity contribution in [3.8, 4) is 28.4 Å². The van der Waals surface area contributed by atoms with Crippen molar-refractivity contribution in [1.29, 1.82) is 0 Å². The van der Waals surface area contributed by atoms with Crippen LogP contribution in [0.15, 0.2) is 73.6 Å². The number of nitrogens with one attached hydrogen (secondary N) is 1. The van der Waals surface area contributed by atoms with Crippen molar-refractivity contribution in [3.05, 3.63) is 102 Å². The first-order chi connectivity index (χ1) is 25.7. The van der Waals surface area contributed by atoms with E-state index in [-0.39, 0.29) is 17.9 Å². The molecule has 276 valence electrons. The number of ether oxygens (including phenoxy) is 1. The van der Waals surface area contributed by atoms with E-state index in [1.807, 2.05) is 49.5 Å². The summed E-state index contributed by atoms with van der Waals surface area (Å²) in [6.45, 7) is 13.0. The fourth-order valence-corrected chi connectivity index (χ4v) is 7.19. The molecule has 1 N–H and O–H groups in total. The van der Waals surface area contributed by atoms with Crippen molar-refractivity contribution >= 4 is 28.7 Å². The summed E-state index contributed by atoms with van der Waals surface area (Å²) in [4.78, 5) is 42.9. The largest absolute Gasteiger partial charge is 0.478 e. The van der Waals surface area contributed by atoms with Crippen LogP contribution in [-0.4, -0.2) is 74.4 Å². The number of unbranched alkanes of at least 4 members (excludes halogenated alkanes) is 2. The molecule has 6 rings (SSSR count). The normalized spacial score (nSPS) is 13.2. The molecule has 2 aromatic carbocycles. The third kappa shape index (κ3) is 8.33. The molecule has 1 atom stereocenters. The van der Waals surface area contributed by atoms with E-state index < -0.39 is 0 Å². The molecule has 1 aliphatic heterocycles. The average Bonchev–Trinajstić information content (AvgIpc) is 3.56. The molecule has 1 unspecified atom stereocenters. The molecular weight excluding hydrogens is 663 g/mol. The van der Waals surface area contributed by atoms with Gasteiger partial charge in [-0.15, -0.1) is 0 Å². The predicted molar refractivity (Wildman–Crippen MR) is 211 cm³/mol. The number of hydrogen-bond acceptors (Lipinski definition) is 7. The Hall–Kier alpha value is -5.35. The molecule has 4 heterocycles. The maximum absolute atomic E-state index is 12.2. The number of likely N-dealkylation sites (N-methyl/N-ethyl adjacent to an activating group) is 2. The lowest BCUT2D eigenvalue weighted by Crippen LogP contribution is -2.41. The number of carbonyl (C=O) groups excluding carboxylic acids is 2. The van der Waals surface area contributed by atoms with E-state index in [0.29, 0.717) is 32.1 Å². The zero-order valence-electron chi connectivity index (χ0n) is 31.7. The number of fused-ring (bicyclic) bond motifs is 2. The summed E-state index contributed by atoms with van der Waals surface area (Å²) in [6, 6.07) is 18.4. The topological polar surface area (TPSA) is 105 Å². The molecule has 10 heteroatoms. The Morgan fingerprint density at radius 3 is 2.62 bits per heavy atom. The molecular formula is C43H51N7O3. The van der Waals surface area contributed by atoms with Gasteiger partial charge in [0.25, 0.3) is 0 Å². The van der Waals surface area contributed by atoms with Crippen LogP contribution in [0, 0.1) is 0 Å². The molecule has 0 saturated heterocycles. The van der Waals surface area contributed by atoms with Gasteiger partial charge in [0.15, 0.2) is 0 Å². The van der Waals surface area contributed by atoms with E-state index in [0.717, 1.165) is 89.0 Å². The molecule has 0 saturated carbocycles. The minimum absolute atomic E-state index is 0.00809. The zero-order chi connectivity index (χ0) is 37.5. The Morgan fingerprint density at radius 1 is 1.06 bits per heavy atom. The SMILES string of the molecule is C=Cc1cccc(CCCCCOc2ccc(-c3cc4cccc(-c5nc(CC)n6c5CN(C(C)=O)CC6)c4cn3)cn2)c1CN(C)C(C)C(=O)NC. The second-order valence-corrected chi connectivity index (χ2v) is 13.8. The van der Waals surface area contributed by atoms with Gasteiger partial charge in [-0.1, -0.05) is 56.0 Å². The van der Waals surface area contributed by atoms with Gasteiger partial charge in [-0.2, -0.15) is 0 Å². The lowest BCUT2D eigenvalue weighted by molar-refractivity contribution is -0.130. The Balaban J connectivity index is 1.05. The van der Waals surface area contributed by atoms with Gasteiger partial charge < -0.3 is 19.5 Å². The number of carbonyl (C=O) groups is 2. The van der Waals surface area contributed by atoms with Crippen molar-refractivity contribution in [2.75, 3.05) is 27.2 Å². The molecule has 5 aromatic rings. The molecule has 0 spiro atoms. The number of rotatable bonds is 15. The summed E-state index contributed by atoms with van der Waals surface area (Å²) >= 11 is 0. The fourth-order valence-electron chi connectivity index (χ4n) is 7.19. The van der Waals surface area contributed by atoms with Crippen LogP contribution in [-0.2, 0) is 42.1 Å². The fraction of sp³-hybridized carbons (Fsp3) is 0.372. The van der Waals surface area contributed by atoms with Gasteiger partial charge in [-0.05, 0) is 73.9 Å².